The van der Waals surface area contributed by atoms with Gasteiger partial charge in [-0.3, -0.25) is 4.79 Å². The molecule has 21 heavy (non-hydrogen) atoms. The maximum atomic E-state index is 12.3. The van der Waals surface area contributed by atoms with Crippen molar-refractivity contribution in [2.45, 2.75) is 39.5 Å². The average Bonchev–Trinajstić information content (AvgIpc) is 2.57. The average molecular weight is 401 g/mol. The maximum Gasteiger partial charge on any atom is 0.227 e. The van der Waals surface area contributed by atoms with Crippen molar-refractivity contribution in [3.05, 3.63) is 27.3 Å². The lowest BCUT2D eigenvalue weighted by atomic mass is 10.1. The van der Waals surface area contributed by atoms with Crippen molar-refractivity contribution in [3.8, 4) is 0 Å². The molecule has 0 unspecified atom stereocenters. The number of fused-ring (bicyclic) bond motifs is 1. The molecule has 0 bridgehead atoms. The Morgan fingerprint density at radius 3 is 2.86 bits per heavy atom. The second-order valence-corrected chi connectivity index (χ2v) is 7.21. The van der Waals surface area contributed by atoms with Gasteiger partial charge in [0.2, 0.25) is 5.91 Å². The second kappa shape index (κ2) is 8.13. The lowest BCUT2D eigenvalue weighted by molar-refractivity contribution is -0.118. The Morgan fingerprint density at radius 1 is 1.29 bits per heavy atom. The van der Waals surface area contributed by atoms with Gasteiger partial charge in [0.25, 0.3) is 0 Å². The number of halogens is 1. The Morgan fingerprint density at radius 2 is 2.10 bits per heavy atom. The van der Waals surface area contributed by atoms with Gasteiger partial charge in [-0.05, 0) is 71.5 Å². The van der Waals surface area contributed by atoms with E-state index in [0.29, 0.717) is 25.5 Å². The number of amides is 1. The fourth-order valence-electron chi connectivity index (χ4n) is 2.54. The van der Waals surface area contributed by atoms with Gasteiger partial charge in [-0.25, -0.2) is 0 Å². The molecule has 1 aromatic rings. The van der Waals surface area contributed by atoms with E-state index >= 15 is 0 Å². The largest absolute Gasteiger partial charge is 0.380 e. The van der Waals surface area contributed by atoms with Crippen LogP contribution in [0.3, 0.4) is 0 Å². The van der Waals surface area contributed by atoms with Gasteiger partial charge < -0.3 is 9.64 Å². The molecule has 0 spiro atoms. The zero-order valence-electron chi connectivity index (χ0n) is 12.9. The van der Waals surface area contributed by atoms with E-state index in [0.717, 1.165) is 31.6 Å². The smallest absolute Gasteiger partial charge is 0.227 e. The minimum Gasteiger partial charge on any atom is -0.380 e. The zero-order chi connectivity index (χ0) is 15.2. The molecule has 0 saturated carbocycles. The molecule has 1 amide bonds. The molecular formula is C17H24INO2. The highest BCUT2D eigenvalue weighted by Gasteiger charge is 2.21. The summed E-state index contributed by atoms with van der Waals surface area (Å²) < 4.78 is 6.91. The Balaban J connectivity index is 1.98. The van der Waals surface area contributed by atoms with E-state index in [1.54, 1.807) is 0 Å². The van der Waals surface area contributed by atoms with Crippen LogP contribution in [0, 0.1) is 9.49 Å². The van der Waals surface area contributed by atoms with Crippen LogP contribution < -0.4 is 4.90 Å². The standard InChI is InChI=1S/C17H24INO2/c1-13(2)8-10-21-11-9-19-16-7-6-15(18)12-14(16)4-3-5-17(19)20/h6-7,12-13H,3-5,8-11H2,1-2H3. The van der Waals surface area contributed by atoms with Crippen molar-refractivity contribution in [2.75, 3.05) is 24.7 Å². The summed E-state index contributed by atoms with van der Waals surface area (Å²) in [5, 5.41) is 0. The molecule has 0 fully saturated rings. The van der Waals surface area contributed by atoms with E-state index in [-0.39, 0.29) is 5.91 Å². The first-order chi connectivity index (χ1) is 10.1. The van der Waals surface area contributed by atoms with Crippen molar-refractivity contribution < 1.29 is 9.53 Å². The van der Waals surface area contributed by atoms with Crippen molar-refractivity contribution >= 4 is 34.2 Å². The lowest BCUT2D eigenvalue weighted by Gasteiger charge is -2.23. The molecule has 1 heterocycles. The topological polar surface area (TPSA) is 29.5 Å². The summed E-state index contributed by atoms with van der Waals surface area (Å²) in [6.07, 6.45) is 3.64. The Bertz CT molecular complexity index is 488. The number of anilines is 1. The van der Waals surface area contributed by atoms with Crippen LogP contribution in [0.15, 0.2) is 18.2 Å². The summed E-state index contributed by atoms with van der Waals surface area (Å²) in [5.74, 6) is 0.884. The molecule has 116 valence electrons. The normalized spacial score (nSPS) is 15.2. The van der Waals surface area contributed by atoms with Gasteiger partial charge in [0.15, 0.2) is 0 Å². The van der Waals surface area contributed by atoms with Gasteiger partial charge in [-0.15, -0.1) is 0 Å². The molecule has 0 atom stereocenters. The van der Waals surface area contributed by atoms with Gasteiger partial charge in [0, 0.05) is 28.8 Å². The second-order valence-electron chi connectivity index (χ2n) is 5.97. The van der Waals surface area contributed by atoms with Gasteiger partial charge >= 0.3 is 0 Å². The van der Waals surface area contributed by atoms with Crippen molar-refractivity contribution in [2.24, 2.45) is 5.92 Å². The number of rotatable bonds is 6. The summed E-state index contributed by atoms with van der Waals surface area (Å²) >= 11 is 2.33. The molecule has 0 N–H and O–H groups in total. The molecule has 0 aliphatic carbocycles. The number of hydrogen-bond acceptors (Lipinski definition) is 2. The van der Waals surface area contributed by atoms with E-state index in [4.69, 9.17) is 4.74 Å². The van der Waals surface area contributed by atoms with Crippen LogP contribution in [0.5, 0.6) is 0 Å². The van der Waals surface area contributed by atoms with Crippen LogP contribution in [0.2, 0.25) is 0 Å². The molecule has 3 nitrogen and oxygen atoms in total. The van der Waals surface area contributed by atoms with Gasteiger partial charge in [0.1, 0.15) is 0 Å². The summed E-state index contributed by atoms with van der Waals surface area (Å²) in [6.45, 7) is 6.44. The van der Waals surface area contributed by atoms with Crippen LogP contribution in [0.25, 0.3) is 0 Å². The molecule has 1 aliphatic rings. The third-order valence-electron chi connectivity index (χ3n) is 3.77. The van der Waals surface area contributed by atoms with E-state index < -0.39 is 0 Å². The van der Waals surface area contributed by atoms with Crippen LogP contribution in [0.4, 0.5) is 5.69 Å². The number of carbonyl (C=O) groups is 1. The first-order valence-corrected chi connectivity index (χ1v) is 8.82. The van der Waals surface area contributed by atoms with Crippen molar-refractivity contribution in [1.29, 1.82) is 0 Å². The molecule has 1 aromatic carbocycles. The van der Waals surface area contributed by atoms with E-state index in [1.807, 2.05) is 4.90 Å². The van der Waals surface area contributed by atoms with Gasteiger partial charge in [0.05, 0.1) is 6.61 Å². The van der Waals surface area contributed by atoms with E-state index in [9.17, 15) is 4.79 Å². The quantitative estimate of drug-likeness (QED) is 0.532. The first kappa shape index (κ1) is 16.7. The number of ether oxygens (including phenoxy) is 1. The molecule has 1 aliphatic heterocycles. The summed E-state index contributed by atoms with van der Waals surface area (Å²) in [6, 6.07) is 6.35. The third-order valence-corrected chi connectivity index (χ3v) is 4.44. The SMILES string of the molecule is CC(C)CCOCCN1C(=O)CCCc2cc(I)ccc21. The summed E-state index contributed by atoms with van der Waals surface area (Å²) in [4.78, 5) is 14.2. The Hall–Kier alpha value is -0.620. The predicted molar refractivity (Wildman–Crippen MR) is 94.7 cm³/mol. The van der Waals surface area contributed by atoms with Crippen LogP contribution in [-0.2, 0) is 16.0 Å². The highest BCUT2D eigenvalue weighted by atomic mass is 127. The predicted octanol–water partition coefficient (Wildman–Crippen LogP) is 4.02. The Kier molecular flexibility index (Phi) is 6.48. The molecular weight excluding hydrogens is 377 g/mol. The van der Waals surface area contributed by atoms with Crippen LogP contribution in [0.1, 0.15) is 38.7 Å². The fourth-order valence-corrected chi connectivity index (χ4v) is 3.09. The third kappa shape index (κ3) is 4.95. The van der Waals surface area contributed by atoms with Crippen molar-refractivity contribution in [1.82, 2.24) is 0 Å². The first-order valence-electron chi connectivity index (χ1n) is 7.74. The monoisotopic (exact) mass is 401 g/mol. The molecule has 2 rings (SSSR count). The molecule has 0 radical (unpaired) electrons. The summed E-state index contributed by atoms with van der Waals surface area (Å²) in [5.41, 5.74) is 2.36. The number of aryl methyl sites for hydroxylation is 1. The zero-order valence-corrected chi connectivity index (χ0v) is 15.1. The minimum absolute atomic E-state index is 0.224. The maximum absolute atomic E-state index is 12.3. The number of carbonyl (C=O) groups excluding carboxylic acids is 1. The molecule has 4 heteroatoms. The highest BCUT2D eigenvalue weighted by Crippen LogP contribution is 2.28. The molecule has 0 saturated heterocycles. The van der Waals surface area contributed by atoms with E-state index in [1.165, 1.54) is 9.13 Å². The summed E-state index contributed by atoms with van der Waals surface area (Å²) in [7, 11) is 0. The van der Waals surface area contributed by atoms with Gasteiger partial charge in [-0.1, -0.05) is 13.8 Å². The lowest BCUT2D eigenvalue weighted by Crippen LogP contribution is -2.33. The fraction of sp³-hybridized carbons (Fsp3) is 0.588. The number of benzene rings is 1. The van der Waals surface area contributed by atoms with Crippen LogP contribution >= 0.6 is 22.6 Å². The van der Waals surface area contributed by atoms with Crippen molar-refractivity contribution in [3.63, 3.8) is 0 Å². The van der Waals surface area contributed by atoms with Crippen LogP contribution in [-0.4, -0.2) is 25.7 Å². The van der Waals surface area contributed by atoms with Gasteiger partial charge in [-0.2, -0.15) is 0 Å². The molecule has 0 aromatic heterocycles. The minimum atomic E-state index is 0.224. The van der Waals surface area contributed by atoms with E-state index in [2.05, 4.69) is 54.6 Å². The number of hydrogen-bond donors (Lipinski definition) is 0. The Labute approximate surface area is 141 Å². The highest BCUT2D eigenvalue weighted by molar-refractivity contribution is 14.1. The number of nitrogens with zero attached hydrogens (tertiary/aromatic N) is 1.